The lowest BCUT2D eigenvalue weighted by molar-refractivity contribution is -0.161. The predicted octanol–water partition coefficient (Wildman–Crippen LogP) is 12.6. The SMILES string of the molecule is CCCCCCC/C=C\CCCCCCCC(=O)O[C@H](COC(=O)CCCCCCCCCCCCCCCCCCCC)COP(=O)(O)O. The van der Waals surface area contributed by atoms with Gasteiger partial charge in [0.1, 0.15) is 6.61 Å². The Kier molecular flexibility index (Phi) is 36.6. The van der Waals surface area contributed by atoms with Gasteiger partial charge < -0.3 is 19.3 Å². The molecule has 0 heterocycles. The molecule has 9 heteroatoms. The monoisotopic (exact) mass is 731 g/mol. The number of ether oxygens (including phenoxy) is 2. The molecule has 0 saturated carbocycles. The van der Waals surface area contributed by atoms with Crippen molar-refractivity contribution in [3.63, 3.8) is 0 Å². The predicted molar refractivity (Wildman–Crippen MR) is 207 cm³/mol. The van der Waals surface area contributed by atoms with Crippen molar-refractivity contribution in [2.45, 2.75) is 225 Å². The Balaban J connectivity index is 3.87. The van der Waals surface area contributed by atoms with Crippen LogP contribution in [0.15, 0.2) is 12.2 Å². The lowest BCUT2D eigenvalue weighted by Crippen LogP contribution is -2.29. The van der Waals surface area contributed by atoms with Crippen molar-refractivity contribution in [1.82, 2.24) is 0 Å². The third-order valence-electron chi connectivity index (χ3n) is 9.28. The first-order valence-corrected chi connectivity index (χ1v) is 22.5. The second-order valence-corrected chi connectivity index (χ2v) is 15.6. The number of allylic oxidation sites excluding steroid dienone is 2. The van der Waals surface area contributed by atoms with Crippen LogP contribution in [0.4, 0.5) is 0 Å². The molecule has 0 aliphatic rings. The molecule has 0 aliphatic carbocycles. The maximum absolute atomic E-state index is 12.4. The number of carbonyl (C=O) groups excluding carboxylic acids is 2. The molecule has 8 nitrogen and oxygen atoms in total. The summed E-state index contributed by atoms with van der Waals surface area (Å²) >= 11 is 0. The second kappa shape index (κ2) is 37.5. The van der Waals surface area contributed by atoms with E-state index in [1.165, 1.54) is 135 Å². The molecule has 0 aromatic heterocycles. The Morgan fingerprint density at radius 2 is 0.840 bits per heavy atom. The normalized spacial score (nSPS) is 12.5. The van der Waals surface area contributed by atoms with E-state index in [2.05, 4.69) is 30.5 Å². The zero-order chi connectivity index (χ0) is 36.8. The van der Waals surface area contributed by atoms with E-state index in [0.29, 0.717) is 6.42 Å². The number of phosphoric acid groups is 1. The van der Waals surface area contributed by atoms with Crippen LogP contribution in [0.3, 0.4) is 0 Å². The molecule has 0 aromatic rings. The zero-order valence-electron chi connectivity index (χ0n) is 32.6. The summed E-state index contributed by atoms with van der Waals surface area (Å²) in [6.45, 7) is 3.69. The largest absolute Gasteiger partial charge is 0.469 e. The summed E-state index contributed by atoms with van der Waals surface area (Å²) in [6.07, 6.45) is 40.8. The molecule has 0 spiro atoms. The van der Waals surface area contributed by atoms with E-state index < -0.39 is 32.5 Å². The number of carbonyl (C=O) groups is 2. The molecule has 0 unspecified atom stereocenters. The number of unbranched alkanes of at least 4 members (excludes halogenated alkanes) is 27. The summed E-state index contributed by atoms with van der Waals surface area (Å²) in [5.41, 5.74) is 0. The van der Waals surface area contributed by atoms with Gasteiger partial charge in [-0.3, -0.25) is 14.1 Å². The van der Waals surface area contributed by atoms with Crippen LogP contribution in [0.1, 0.15) is 219 Å². The van der Waals surface area contributed by atoms with Gasteiger partial charge >= 0.3 is 19.8 Å². The summed E-state index contributed by atoms with van der Waals surface area (Å²) in [4.78, 5) is 42.8. The van der Waals surface area contributed by atoms with E-state index in [0.717, 1.165) is 51.4 Å². The highest BCUT2D eigenvalue weighted by Crippen LogP contribution is 2.36. The molecule has 296 valence electrons. The molecule has 0 aromatic carbocycles. The highest BCUT2D eigenvalue weighted by Gasteiger charge is 2.22. The van der Waals surface area contributed by atoms with E-state index >= 15 is 0 Å². The second-order valence-electron chi connectivity index (χ2n) is 14.3. The Labute approximate surface area is 307 Å². The molecule has 0 fully saturated rings. The van der Waals surface area contributed by atoms with Gasteiger partial charge in [0.05, 0.1) is 6.61 Å². The van der Waals surface area contributed by atoms with Gasteiger partial charge in [-0.15, -0.1) is 0 Å². The molecule has 2 N–H and O–H groups in total. The Bertz CT molecular complexity index is 827. The number of hydrogen-bond acceptors (Lipinski definition) is 6. The van der Waals surface area contributed by atoms with Crippen LogP contribution >= 0.6 is 7.82 Å². The highest BCUT2D eigenvalue weighted by atomic mass is 31.2. The fraction of sp³-hybridized carbons (Fsp3) is 0.902. The third kappa shape index (κ3) is 39.6. The van der Waals surface area contributed by atoms with E-state index in [-0.39, 0.29) is 19.4 Å². The van der Waals surface area contributed by atoms with Crippen molar-refractivity contribution in [3.05, 3.63) is 12.2 Å². The maximum atomic E-state index is 12.4. The van der Waals surface area contributed by atoms with E-state index in [9.17, 15) is 14.2 Å². The molecular weight excluding hydrogens is 651 g/mol. The Morgan fingerprint density at radius 1 is 0.500 bits per heavy atom. The quantitative estimate of drug-likeness (QED) is 0.0278. The number of esters is 2. The molecule has 0 amide bonds. The van der Waals surface area contributed by atoms with Crippen molar-refractivity contribution < 1.29 is 37.9 Å². The molecule has 0 bridgehead atoms. The summed E-state index contributed by atoms with van der Waals surface area (Å²) < 4.78 is 26.4. The molecule has 0 saturated heterocycles. The van der Waals surface area contributed by atoms with Crippen molar-refractivity contribution >= 4 is 19.8 Å². The minimum absolute atomic E-state index is 0.206. The molecule has 0 radical (unpaired) electrons. The van der Waals surface area contributed by atoms with Crippen LogP contribution < -0.4 is 0 Å². The third-order valence-corrected chi connectivity index (χ3v) is 9.77. The van der Waals surface area contributed by atoms with Gasteiger partial charge in [0.25, 0.3) is 0 Å². The standard InChI is InChI=1S/C41H79O8P/c1-3-5-7-9-11-13-15-17-19-20-21-22-24-25-27-29-31-33-35-40(42)47-37-39(38-48-50(44,45)46)49-41(43)36-34-32-30-28-26-23-18-16-14-12-10-8-6-4-2/h16,18,39H,3-15,17,19-38H2,1-2H3,(H2,44,45,46)/b18-16-/t39-/m1/s1. The van der Waals surface area contributed by atoms with Crippen molar-refractivity contribution in [1.29, 1.82) is 0 Å². The minimum Gasteiger partial charge on any atom is -0.462 e. The van der Waals surface area contributed by atoms with Crippen LogP contribution in [0.25, 0.3) is 0 Å². The number of phosphoric ester groups is 1. The summed E-state index contributed by atoms with van der Waals surface area (Å²) in [6, 6.07) is 0. The molecule has 1 atom stereocenters. The lowest BCUT2D eigenvalue weighted by Gasteiger charge is -2.18. The molecule has 0 rings (SSSR count). The van der Waals surface area contributed by atoms with Gasteiger partial charge in [0.15, 0.2) is 6.10 Å². The van der Waals surface area contributed by atoms with Crippen LogP contribution in [-0.2, 0) is 28.2 Å². The van der Waals surface area contributed by atoms with Crippen molar-refractivity contribution in [3.8, 4) is 0 Å². The number of rotatable bonds is 39. The van der Waals surface area contributed by atoms with Crippen molar-refractivity contribution in [2.24, 2.45) is 0 Å². The van der Waals surface area contributed by atoms with Gasteiger partial charge in [0, 0.05) is 12.8 Å². The topological polar surface area (TPSA) is 119 Å². The van der Waals surface area contributed by atoms with Gasteiger partial charge in [-0.25, -0.2) is 4.57 Å². The average Bonchev–Trinajstić information content (AvgIpc) is 3.08. The van der Waals surface area contributed by atoms with Crippen LogP contribution in [0, 0.1) is 0 Å². The van der Waals surface area contributed by atoms with Gasteiger partial charge in [-0.2, -0.15) is 0 Å². The maximum Gasteiger partial charge on any atom is 0.469 e. The van der Waals surface area contributed by atoms with Crippen LogP contribution in [-0.4, -0.2) is 41.0 Å². The Hall–Kier alpha value is -1.21. The first-order chi connectivity index (χ1) is 24.3. The fourth-order valence-electron chi connectivity index (χ4n) is 6.13. The van der Waals surface area contributed by atoms with Crippen molar-refractivity contribution in [2.75, 3.05) is 13.2 Å². The van der Waals surface area contributed by atoms with E-state index in [1.807, 2.05) is 0 Å². The lowest BCUT2D eigenvalue weighted by atomic mass is 10.0. The first kappa shape index (κ1) is 48.8. The zero-order valence-corrected chi connectivity index (χ0v) is 33.5. The summed E-state index contributed by atoms with van der Waals surface area (Å²) in [5.74, 6) is -0.883. The molecule has 50 heavy (non-hydrogen) atoms. The van der Waals surface area contributed by atoms with Gasteiger partial charge in [-0.1, -0.05) is 180 Å². The summed E-state index contributed by atoms with van der Waals surface area (Å²) in [5, 5.41) is 0. The van der Waals surface area contributed by atoms with Crippen LogP contribution in [0.2, 0.25) is 0 Å². The molecule has 0 aliphatic heterocycles. The Morgan fingerprint density at radius 3 is 1.22 bits per heavy atom. The van der Waals surface area contributed by atoms with Crippen LogP contribution in [0.5, 0.6) is 0 Å². The minimum atomic E-state index is -4.75. The van der Waals surface area contributed by atoms with Gasteiger partial charge in [-0.05, 0) is 38.5 Å². The van der Waals surface area contributed by atoms with Gasteiger partial charge in [0.2, 0.25) is 0 Å². The van der Waals surface area contributed by atoms with E-state index in [4.69, 9.17) is 19.3 Å². The molecular formula is C41H79O8P. The van der Waals surface area contributed by atoms with E-state index in [1.54, 1.807) is 0 Å². The smallest absolute Gasteiger partial charge is 0.462 e. The fourth-order valence-corrected chi connectivity index (χ4v) is 6.49. The highest BCUT2D eigenvalue weighted by molar-refractivity contribution is 7.46. The summed E-state index contributed by atoms with van der Waals surface area (Å²) in [7, 11) is -4.75. The first-order valence-electron chi connectivity index (χ1n) is 21.0. The average molecular weight is 731 g/mol. The number of hydrogen-bond donors (Lipinski definition) is 2.